The summed E-state index contributed by atoms with van der Waals surface area (Å²) >= 11 is 1.90. The van der Waals surface area contributed by atoms with Gasteiger partial charge in [-0.05, 0) is 75.0 Å². The molecular formula is C18H27N3S. The largest absolute Gasteiger partial charge is 0.302 e. The number of aryl methyl sites for hydroxylation is 1. The van der Waals surface area contributed by atoms with E-state index in [1.165, 1.54) is 50.7 Å². The smallest absolute Gasteiger partial charge is 0.191 e. The van der Waals surface area contributed by atoms with Gasteiger partial charge in [-0.1, -0.05) is 17.8 Å². The van der Waals surface area contributed by atoms with Crippen LogP contribution in [0.15, 0.2) is 17.8 Å². The number of aromatic nitrogens is 3. The normalized spacial score (nSPS) is 36.0. The van der Waals surface area contributed by atoms with Crippen LogP contribution in [0.5, 0.6) is 0 Å². The molecule has 4 aliphatic rings. The molecular weight excluding hydrogens is 290 g/mol. The summed E-state index contributed by atoms with van der Waals surface area (Å²) in [5.41, 5.74) is 0.681. The first kappa shape index (κ1) is 14.8. The fraction of sp³-hybridized carbons (Fsp3) is 0.778. The second kappa shape index (κ2) is 5.70. The fourth-order valence-corrected chi connectivity index (χ4v) is 6.94. The van der Waals surface area contributed by atoms with Gasteiger partial charge in [0, 0.05) is 12.3 Å². The van der Waals surface area contributed by atoms with E-state index < -0.39 is 0 Å². The summed E-state index contributed by atoms with van der Waals surface area (Å²) in [5.74, 6) is 5.37. The van der Waals surface area contributed by atoms with Gasteiger partial charge in [0.15, 0.2) is 5.16 Å². The summed E-state index contributed by atoms with van der Waals surface area (Å²) in [5, 5.41) is 9.64. The summed E-state index contributed by atoms with van der Waals surface area (Å²) in [4.78, 5) is 0. The van der Waals surface area contributed by atoms with Gasteiger partial charge in [0.1, 0.15) is 5.82 Å². The molecule has 0 spiro atoms. The predicted octanol–water partition coefficient (Wildman–Crippen LogP) is 4.47. The third-order valence-corrected chi connectivity index (χ3v) is 7.21. The average molecular weight is 318 g/mol. The molecule has 0 unspecified atom stereocenters. The van der Waals surface area contributed by atoms with Crippen molar-refractivity contribution in [2.45, 2.75) is 63.6 Å². The maximum atomic E-state index is 4.35. The molecule has 0 aromatic carbocycles. The number of hydrogen-bond acceptors (Lipinski definition) is 3. The van der Waals surface area contributed by atoms with E-state index in [9.17, 15) is 0 Å². The second-order valence-corrected chi connectivity index (χ2v) is 9.01. The highest BCUT2D eigenvalue weighted by Gasteiger charge is 2.50. The van der Waals surface area contributed by atoms with Crippen molar-refractivity contribution in [1.29, 1.82) is 0 Å². The van der Waals surface area contributed by atoms with Crippen LogP contribution in [0.4, 0.5) is 0 Å². The lowest BCUT2D eigenvalue weighted by Gasteiger charge is -2.57. The first-order valence-electron chi connectivity index (χ1n) is 8.81. The van der Waals surface area contributed by atoms with Crippen molar-refractivity contribution in [3.63, 3.8) is 0 Å². The molecule has 120 valence electrons. The van der Waals surface area contributed by atoms with Gasteiger partial charge in [0.05, 0.1) is 0 Å². The molecule has 4 bridgehead atoms. The van der Waals surface area contributed by atoms with Gasteiger partial charge in [-0.3, -0.25) is 0 Å². The van der Waals surface area contributed by atoms with E-state index in [-0.39, 0.29) is 0 Å². The van der Waals surface area contributed by atoms with Crippen LogP contribution >= 0.6 is 11.8 Å². The second-order valence-electron chi connectivity index (χ2n) is 7.95. The van der Waals surface area contributed by atoms with Crippen molar-refractivity contribution in [3.05, 3.63) is 18.5 Å². The molecule has 22 heavy (non-hydrogen) atoms. The zero-order chi connectivity index (χ0) is 15.2. The Kier molecular flexibility index (Phi) is 3.83. The topological polar surface area (TPSA) is 30.7 Å². The minimum atomic E-state index is 0.681. The Labute approximate surface area is 138 Å². The molecule has 4 fully saturated rings. The average Bonchev–Trinajstić information content (AvgIpc) is 2.79. The zero-order valence-corrected chi connectivity index (χ0v) is 14.4. The first-order valence-corrected chi connectivity index (χ1v) is 9.79. The monoisotopic (exact) mass is 317 g/mol. The number of rotatable bonds is 6. The standard InChI is InChI=1S/C18H27N3S/c1-3-5-21-13(2)19-20-17(21)22-6-4-18-10-14-7-15(11-18)9-16(8-14)12-18/h3,14-16H,1,4-12H2,2H3. The van der Waals surface area contributed by atoms with E-state index in [1.54, 1.807) is 0 Å². The van der Waals surface area contributed by atoms with Crippen molar-refractivity contribution in [2.75, 3.05) is 5.75 Å². The summed E-state index contributed by atoms with van der Waals surface area (Å²) < 4.78 is 2.18. The van der Waals surface area contributed by atoms with Gasteiger partial charge in [-0.2, -0.15) is 0 Å². The van der Waals surface area contributed by atoms with Crippen molar-refractivity contribution in [3.8, 4) is 0 Å². The molecule has 0 N–H and O–H groups in total. The molecule has 4 aliphatic carbocycles. The Hall–Kier alpha value is -0.770. The van der Waals surface area contributed by atoms with E-state index in [4.69, 9.17) is 0 Å². The quantitative estimate of drug-likeness (QED) is 0.573. The highest BCUT2D eigenvalue weighted by atomic mass is 32.2. The number of allylic oxidation sites excluding steroid dienone is 1. The van der Waals surface area contributed by atoms with E-state index in [1.807, 2.05) is 24.8 Å². The van der Waals surface area contributed by atoms with Gasteiger partial charge >= 0.3 is 0 Å². The zero-order valence-electron chi connectivity index (χ0n) is 13.6. The molecule has 1 aromatic rings. The number of nitrogens with zero attached hydrogens (tertiary/aromatic N) is 3. The molecule has 0 aliphatic heterocycles. The van der Waals surface area contributed by atoms with Crippen LogP contribution in [0.2, 0.25) is 0 Å². The van der Waals surface area contributed by atoms with Crippen LogP contribution in [0, 0.1) is 30.1 Å². The van der Waals surface area contributed by atoms with Crippen molar-refractivity contribution < 1.29 is 0 Å². The Bertz CT molecular complexity index is 527. The molecule has 3 nitrogen and oxygen atoms in total. The Balaban J connectivity index is 1.38. The van der Waals surface area contributed by atoms with Crippen LogP contribution in [0.1, 0.15) is 50.8 Å². The third kappa shape index (κ3) is 2.64. The highest BCUT2D eigenvalue weighted by molar-refractivity contribution is 7.99. The Morgan fingerprint density at radius 1 is 1.18 bits per heavy atom. The maximum absolute atomic E-state index is 4.35. The third-order valence-electron chi connectivity index (χ3n) is 6.24. The molecule has 0 amide bonds. The maximum Gasteiger partial charge on any atom is 0.191 e. The number of thioether (sulfide) groups is 1. The summed E-state index contributed by atoms with van der Waals surface area (Å²) in [6, 6.07) is 0. The predicted molar refractivity (Wildman–Crippen MR) is 90.9 cm³/mol. The number of hydrogen-bond donors (Lipinski definition) is 0. The molecule has 4 saturated carbocycles. The highest BCUT2D eigenvalue weighted by Crippen LogP contribution is 2.61. The van der Waals surface area contributed by atoms with Crippen molar-refractivity contribution in [2.24, 2.45) is 23.2 Å². The lowest BCUT2D eigenvalue weighted by Crippen LogP contribution is -2.46. The van der Waals surface area contributed by atoms with Crippen LogP contribution in [-0.2, 0) is 6.54 Å². The summed E-state index contributed by atoms with van der Waals surface area (Å²) in [6.45, 7) is 6.68. The Morgan fingerprint density at radius 3 is 2.41 bits per heavy atom. The molecule has 0 radical (unpaired) electrons. The molecule has 1 heterocycles. The van der Waals surface area contributed by atoms with Crippen LogP contribution in [-0.4, -0.2) is 20.5 Å². The van der Waals surface area contributed by atoms with Gasteiger partial charge in [-0.15, -0.1) is 16.8 Å². The van der Waals surface area contributed by atoms with Gasteiger partial charge in [0.25, 0.3) is 0 Å². The SMILES string of the molecule is C=CCn1c(C)nnc1SCCC12CC3CC(CC(C3)C1)C2. The van der Waals surface area contributed by atoms with Crippen LogP contribution in [0.25, 0.3) is 0 Å². The lowest BCUT2D eigenvalue weighted by atomic mass is 9.49. The lowest BCUT2D eigenvalue weighted by molar-refractivity contribution is -0.0538. The van der Waals surface area contributed by atoms with E-state index in [0.717, 1.165) is 35.3 Å². The van der Waals surface area contributed by atoms with Gasteiger partial charge in [0.2, 0.25) is 0 Å². The van der Waals surface area contributed by atoms with E-state index >= 15 is 0 Å². The van der Waals surface area contributed by atoms with E-state index in [2.05, 4.69) is 21.3 Å². The van der Waals surface area contributed by atoms with Crippen molar-refractivity contribution >= 4 is 11.8 Å². The first-order chi connectivity index (χ1) is 10.7. The molecule has 4 heteroatoms. The minimum absolute atomic E-state index is 0.681. The summed E-state index contributed by atoms with van der Waals surface area (Å²) in [6.07, 6.45) is 12.5. The van der Waals surface area contributed by atoms with Gasteiger partial charge in [-0.25, -0.2) is 0 Å². The van der Waals surface area contributed by atoms with Crippen molar-refractivity contribution in [1.82, 2.24) is 14.8 Å². The molecule has 0 saturated heterocycles. The Morgan fingerprint density at radius 2 is 1.82 bits per heavy atom. The molecule has 0 atom stereocenters. The van der Waals surface area contributed by atoms with Crippen LogP contribution < -0.4 is 0 Å². The molecule has 5 rings (SSSR count). The fourth-order valence-electron chi connectivity index (χ4n) is 5.76. The molecule has 1 aromatic heterocycles. The van der Waals surface area contributed by atoms with Gasteiger partial charge < -0.3 is 4.57 Å². The minimum Gasteiger partial charge on any atom is -0.302 e. The van der Waals surface area contributed by atoms with E-state index in [0.29, 0.717) is 5.41 Å². The summed E-state index contributed by atoms with van der Waals surface area (Å²) in [7, 11) is 0. The van der Waals surface area contributed by atoms with Crippen LogP contribution in [0.3, 0.4) is 0 Å².